The van der Waals surface area contributed by atoms with Gasteiger partial charge in [0.25, 0.3) is 5.56 Å². The summed E-state index contributed by atoms with van der Waals surface area (Å²) in [6, 6.07) is 2.24. The van der Waals surface area contributed by atoms with Crippen molar-refractivity contribution in [3.8, 4) is 5.69 Å². The van der Waals surface area contributed by atoms with Gasteiger partial charge in [0.05, 0.1) is 5.69 Å². The number of alkyl halides is 3. The first kappa shape index (κ1) is 16.3. The Hall–Kier alpha value is -2.09. The van der Waals surface area contributed by atoms with E-state index in [4.69, 9.17) is 11.6 Å². The van der Waals surface area contributed by atoms with Crippen molar-refractivity contribution in [2.24, 2.45) is 7.05 Å². The maximum absolute atomic E-state index is 13.9. The SMILES string of the molecule is Cc1cc(-n2c(=O)cc(C(F)(F)F)n(C)c2=O)c(F)cc1Cl. The molecular weight excluding hydrogens is 328 g/mol. The molecule has 9 heteroatoms. The molecule has 0 bridgehead atoms. The summed E-state index contributed by atoms with van der Waals surface area (Å²) in [4.78, 5) is 23.9. The van der Waals surface area contributed by atoms with Crippen LogP contribution in [0, 0.1) is 12.7 Å². The van der Waals surface area contributed by atoms with Crippen molar-refractivity contribution in [2.75, 3.05) is 0 Å². The monoisotopic (exact) mass is 336 g/mol. The van der Waals surface area contributed by atoms with Gasteiger partial charge in [-0.1, -0.05) is 11.6 Å². The van der Waals surface area contributed by atoms with E-state index in [1.165, 1.54) is 6.92 Å². The van der Waals surface area contributed by atoms with Gasteiger partial charge < -0.3 is 0 Å². The molecule has 4 nitrogen and oxygen atoms in total. The van der Waals surface area contributed by atoms with Crippen LogP contribution < -0.4 is 11.2 Å². The summed E-state index contributed by atoms with van der Waals surface area (Å²) in [5, 5.41) is 0.0676. The maximum atomic E-state index is 13.9. The first-order valence-corrected chi connectivity index (χ1v) is 6.28. The molecule has 0 N–H and O–H groups in total. The molecular formula is C13H9ClF4N2O2. The van der Waals surface area contributed by atoms with Gasteiger partial charge in [0.1, 0.15) is 11.5 Å². The summed E-state index contributed by atoms with van der Waals surface area (Å²) in [5.74, 6) is -0.991. The van der Waals surface area contributed by atoms with Crippen LogP contribution in [0.4, 0.5) is 17.6 Å². The third-order valence-corrected chi connectivity index (χ3v) is 3.49. The lowest BCUT2D eigenvalue weighted by Crippen LogP contribution is -2.41. The Kier molecular flexibility index (Phi) is 3.90. The normalized spacial score (nSPS) is 11.8. The molecule has 0 spiro atoms. The Morgan fingerprint density at radius 2 is 1.73 bits per heavy atom. The number of aryl methyl sites for hydroxylation is 1. The Labute approximate surface area is 126 Å². The van der Waals surface area contributed by atoms with E-state index in [-0.39, 0.29) is 15.7 Å². The minimum atomic E-state index is -4.87. The second kappa shape index (κ2) is 5.28. The van der Waals surface area contributed by atoms with Crippen molar-refractivity contribution in [1.82, 2.24) is 9.13 Å². The summed E-state index contributed by atoms with van der Waals surface area (Å²) in [6.07, 6.45) is -4.87. The molecule has 0 atom stereocenters. The summed E-state index contributed by atoms with van der Waals surface area (Å²) in [7, 11) is 0.849. The Morgan fingerprint density at radius 1 is 1.14 bits per heavy atom. The number of hydrogen-bond donors (Lipinski definition) is 0. The van der Waals surface area contributed by atoms with Gasteiger partial charge in [0.2, 0.25) is 0 Å². The van der Waals surface area contributed by atoms with Crippen LogP contribution in [0.3, 0.4) is 0 Å². The van der Waals surface area contributed by atoms with Crippen molar-refractivity contribution in [3.63, 3.8) is 0 Å². The predicted octanol–water partition coefficient (Wildman–Crippen LogP) is 2.66. The number of benzene rings is 1. The summed E-state index contributed by atoms with van der Waals surface area (Å²) in [5.41, 5.74) is -4.09. The molecule has 1 aromatic heterocycles. The van der Waals surface area contributed by atoms with Crippen molar-refractivity contribution in [2.45, 2.75) is 13.1 Å². The molecule has 0 saturated carbocycles. The second-order valence-electron chi connectivity index (χ2n) is 4.60. The van der Waals surface area contributed by atoms with Crippen molar-refractivity contribution >= 4 is 11.6 Å². The Bertz CT molecular complexity index is 868. The Morgan fingerprint density at radius 3 is 2.27 bits per heavy atom. The van der Waals surface area contributed by atoms with Gasteiger partial charge >= 0.3 is 11.9 Å². The van der Waals surface area contributed by atoms with Gasteiger partial charge in [-0.3, -0.25) is 9.36 Å². The number of aromatic nitrogens is 2. The topological polar surface area (TPSA) is 44.0 Å². The van der Waals surface area contributed by atoms with E-state index in [0.29, 0.717) is 10.1 Å². The highest BCUT2D eigenvalue weighted by atomic mass is 35.5. The molecule has 2 rings (SSSR count). The molecule has 0 aliphatic heterocycles. The summed E-state index contributed by atoms with van der Waals surface area (Å²) >= 11 is 5.71. The summed E-state index contributed by atoms with van der Waals surface area (Å²) in [6.45, 7) is 1.50. The van der Waals surface area contributed by atoms with Crippen molar-refractivity contribution in [3.05, 3.63) is 61.1 Å². The standard InChI is InChI=1S/C13H9ClF4N2O2/c1-6-3-9(8(15)4-7(6)14)20-11(21)5-10(13(16,17)18)19(2)12(20)22/h3-5H,1-2H3. The number of hydrogen-bond acceptors (Lipinski definition) is 2. The molecule has 1 aromatic carbocycles. The average Bonchev–Trinajstić information content (AvgIpc) is 2.38. The van der Waals surface area contributed by atoms with E-state index >= 15 is 0 Å². The zero-order valence-electron chi connectivity index (χ0n) is 11.3. The molecule has 22 heavy (non-hydrogen) atoms. The maximum Gasteiger partial charge on any atom is 0.431 e. The number of nitrogens with zero attached hydrogens (tertiary/aromatic N) is 2. The van der Waals surface area contributed by atoms with Crippen LogP contribution in [0.1, 0.15) is 11.3 Å². The zero-order valence-corrected chi connectivity index (χ0v) is 12.1. The number of halogens is 5. The largest absolute Gasteiger partial charge is 0.431 e. The molecule has 2 aromatic rings. The van der Waals surface area contributed by atoms with Gasteiger partial charge in [-0.15, -0.1) is 0 Å². The zero-order chi connectivity index (χ0) is 16.8. The van der Waals surface area contributed by atoms with E-state index in [1.54, 1.807) is 0 Å². The van der Waals surface area contributed by atoms with Crippen LogP contribution in [0.25, 0.3) is 5.69 Å². The van der Waals surface area contributed by atoms with Crippen molar-refractivity contribution in [1.29, 1.82) is 0 Å². The number of rotatable bonds is 1. The highest BCUT2D eigenvalue weighted by Crippen LogP contribution is 2.27. The van der Waals surface area contributed by atoms with E-state index in [9.17, 15) is 27.2 Å². The first-order valence-electron chi connectivity index (χ1n) is 5.90. The van der Waals surface area contributed by atoms with Gasteiger partial charge in [0.15, 0.2) is 0 Å². The summed E-state index contributed by atoms with van der Waals surface area (Å²) < 4.78 is 52.7. The molecule has 0 saturated heterocycles. The average molecular weight is 337 g/mol. The molecule has 0 aliphatic rings. The lowest BCUT2D eigenvalue weighted by atomic mass is 10.2. The highest BCUT2D eigenvalue weighted by molar-refractivity contribution is 6.31. The first-order chi connectivity index (χ1) is 10.0. The molecule has 0 aliphatic carbocycles. The molecule has 0 radical (unpaired) electrons. The molecule has 0 amide bonds. The fourth-order valence-electron chi connectivity index (χ4n) is 1.93. The minimum Gasteiger partial charge on any atom is -0.292 e. The quantitative estimate of drug-likeness (QED) is 0.752. The van der Waals surface area contributed by atoms with Crippen molar-refractivity contribution < 1.29 is 17.6 Å². The lowest BCUT2D eigenvalue weighted by Gasteiger charge is -2.14. The van der Waals surface area contributed by atoms with Gasteiger partial charge in [-0.2, -0.15) is 13.2 Å². The third-order valence-electron chi connectivity index (χ3n) is 3.08. The van der Waals surface area contributed by atoms with Crippen LogP contribution in [0.15, 0.2) is 27.8 Å². The van der Waals surface area contributed by atoms with Gasteiger partial charge in [0, 0.05) is 18.1 Å². The molecule has 118 valence electrons. The Balaban J connectivity index is 2.85. The fourth-order valence-corrected chi connectivity index (χ4v) is 2.08. The lowest BCUT2D eigenvalue weighted by molar-refractivity contribution is -0.144. The van der Waals surface area contributed by atoms with Crippen LogP contribution in [0.5, 0.6) is 0 Å². The van der Waals surface area contributed by atoms with Crippen LogP contribution in [-0.2, 0) is 13.2 Å². The van der Waals surface area contributed by atoms with Gasteiger partial charge in [-0.25, -0.2) is 13.8 Å². The van der Waals surface area contributed by atoms with E-state index in [2.05, 4.69) is 0 Å². The van der Waals surface area contributed by atoms with Crippen LogP contribution in [0.2, 0.25) is 5.02 Å². The second-order valence-corrected chi connectivity index (χ2v) is 5.00. The predicted molar refractivity (Wildman–Crippen MR) is 72.0 cm³/mol. The third kappa shape index (κ3) is 2.66. The highest BCUT2D eigenvalue weighted by Gasteiger charge is 2.35. The van der Waals surface area contributed by atoms with Gasteiger partial charge in [-0.05, 0) is 24.6 Å². The minimum absolute atomic E-state index is 0.0676. The molecule has 0 unspecified atom stereocenters. The van der Waals surface area contributed by atoms with E-state index < -0.39 is 34.6 Å². The molecule has 0 fully saturated rings. The van der Waals surface area contributed by atoms with Crippen LogP contribution >= 0.6 is 11.6 Å². The fraction of sp³-hybridized carbons (Fsp3) is 0.231. The van der Waals surface area contributed by atoms with Crippen LogP contribution in [-0.4, -0.2) is 9.13 Å². The smallest absolute Gasteiger partial charge is 0.292 e. The van der Waals surface area contributed by atoms with E-state index in [0.717, 1.165) is 19.2 Å². The molecule has 1 heterocycles. The van der Waals surface area contributed by atoms with E-state index in [1.807, 2.05) is 0 Å².